The Balaban J connectivity index is 0.00000264. The molecule has 0 bridgehead atoms. The van der Waals surface area contributed by atoms with E-state index in [0.717, 1.165) is 5.52 Å². The molecule has 3 aliphatic carbocycles. The first kappa shape index (κ1) is 25.5. The van der Waals surface area contributed by atoms with Crippen LogP contribution in [0, 0.1) is 5.41 Å². The van der Waals surface area contributed by atoms with Crippen molar-refractivity contribution in [2.75, 3.05) is 12.8 Å². The number of pyridine rings is 1. The molecule has 1 aromatic carbocycles. The number of aromatic nitrogens is 3. The molecule has 4 N–H and O–H groups in total. The summed E-state index contributed by atoms with van der Waals surface area (Å²) in [6.07, 6.45) is 5.08. The smallest absolute Gasteiger partial charge is 0.491 e. The van der Waals surface area contributed by atoms with Gasteiger partial charge >= 0.3 is 24.8 Å². The van der Waals surface area contributed by atoms with Crippen LogP contribution in [0.1, 0.15) is 61.0 Å². The number of alkyl halides is 2. The van der Waals surface area contributed by atoms with Gasteiger partial charge in [0, 0.05) is 36.6 Å². The molecule has 0 radical (unpaired) electrons. The summed E-state index contributed by atoms with van der Waals surface area (Å²) in [5, 5.41) is 15.9. The van der Waals surface area contributed by atoms with Crippen molar-refractivity contribution < 1.29 is 47.2 Å². The zero-order valence-electron chi connectivity index (χ0n) is 21.6. The number of hydrogen-bond donors (Lipinski definition) is 3. The Bertz CT molecular complexity index is 1520. The fourth-order valence-corrected chi connectivity index (χ4v) is 6.65. The molecule has 1 amide bonds. The molecule has 38 heavy (non-hydrogen) atoms. The molecule has 1 unspecified atom stereocenters. The molecule has 1 aliphatic heterocycles. The Morgan fingerprint density at radius 3 is 2.53 bits per heavy atom. The molecule has 2 aromatic heterocycles. The Labute approximate surface area is 230 Å². The number of methoxy groups -OCH3 is 1. The van der Waals surface area contributed by atoms with Crippen molar-refractivity contribution in [2.24, 2.45) is 5.41 Å². The van der Waals surface area contributed by atoms with E-state index in [1.165, 1.54) is 0 Å². The summed E-state index contributed by atoms with van der Waals surface area (Å²) in [5.41, 5.74) is 7.92. The van der Waals surface area contributed by atoms with E-state index in [1.54, 1.807) is 25.6 Å². The molecule has 0 saturated heterocycles. The fraction of sp³-hybridized carbons (Fsp3) is 0.444. The molecule has 8 nitrogen and oxygen atoms in total. The van der Waals surface area contributed by atoms with Crippen molar-refractivity contribution in [2.45, 2.75) is 62.6 Å². The maximum Gasteiger partial charge on any atom is 1.00 e. The fourth-order valence-electron chi connectivity index (χ4n) is 6.65. The summed E-state index contributed by atoms with van der Waals surface area (Å²) in [7, 11) is 1.54. The first-order valence-electron chi connectivity index (χ1n) is 12.6. The molecule has 3 saturated carbocycles. The van der Waals surface area contributed by atoms with Crippen LogP contribution in [0.2, 0.25) is 0 Å². The summed E-state index contributed by atoms with van der Waals surface area (Å²) in [5.74, 6) is -1.88. The average molecular weight is 515 g/mol. The Hall–Kier alpha value is -2.77. The van der Waals surface area contributed by atoms with E-state index in [1.807, 2.05) is 29.8 Å². The Morgan fingerprint density at radius 2 is 1.89 bits per heavy atom. The number of quaternary nitrogens is 1. The summed E-state index contributed by atoms with van der Waals surface area (Å²) in [4.78, 5) is 18.4. The molecule has 11 heteroatoms. The molecular weight excluding hydrogens is 487 g/mol. The van der Waals surface area contributed by atoms with E-state index < -0.39 is 16.9 Å². The number of nitrogens with two attached hydrogens (primary N) is 1. The maximum absolute atomic E-state index is 13.8. The van der Waals surface area contributed by atoms with E-state index in [4.69, 9.17) is 15.6 Å². The van der Waals surface area contributed by atoms with Crippen LogP contribution in [0.25, 0.3) is 27.9 Å². The largest absolute Gasteiger partial charge is 1.00 e. The first-order valence-corrected chi connectivity index (χ1v) is 12.6. The SMILES string of the molecule is COC1=C[NH+](C2CC3(C2)CC3(F)F)C(=O)c2cc(-c3nn(C4CC(C)(O)C4)c4ccnc(N)c34)ccc21.[Li+]. The van der Waals surface area contributed by atoms with Crippen molar-refractivity contribution in [3.8, 4) is 11.3 Å². The minimum absolute atomic E-state index is 0. The standard InChI is InChI=1S/C27H27F2N5O3.Li/c1-25(36)8-16(9-25)34-19-5-6-31-23(30)21(19)22(32-34)14-3-4-17-18(7-14)24(35)33(12-20(17)37-2)15-10-26(11-15)13-27(26,28)29;/h3-7,12,15-16,36H,8-11,13H2,1-2H3,(H2,30,31);/q;+1/p+1. The van der Waals surface area contributed by atoms with Gasteiger partial charge in [-0.15, -0.1) is 0 Å². The van der Waals surface area contributed by atoms with Crippen LogP contribution in [-0.2, 0) is 4.74 Å². The molecule has 7 rings (SSSR count). The second-order valence-corrected chi connectivity index (χ2v) is 11.5. The number of nitrogens with one attached hydrogen (secondary N) is 1. The third-order valence-electron chi connectivity index (χ3n) is 8.84. The topological polar surface area (TPSA) is 108 Å². The van der Waals surface area contributed by atoms with Gasteiger partial charge in [0.25, 0.3) is 5.92 Å². The van der Waals surface area contributed by atoms with E-state index >= 15 is 0 Å². The number of carbonyl (C=O) groups excluding carboxylic acids is 1. The quantitative estimate of drug-likeness (QED) is 0.421. The third-order valence-corrected chi connectivity index (χ3v) is 8.84. The summed E-state index contributed by atoms with van der Waals surface area (Å²) < 4.78 is 35.1. The van der Waals surface area contributed by atoms with Gasteiger partial charge in [0.1, 0.15) is 23.8 Å². The second kappa shape index (κ2) is 8.12. The summed E-state index contributed by atoms with van der Waals surface area (Å²) in [6, 6.07) is 7.19. The van der Waals surface area contributed by atoms with Crippen LogP contribution in [0.4, 0.5) is 14.6 Å². The van der Waals surface area contributed by atoms with E-state index in [0.29, 0.717) is 69.9 Å². The van der Waals surface area contributed by atoms with Gasteiger partial charge in [0.15, 0.2) is 5.76 Å². The molecular formula is C27H28F2LiN5O3+2. The number of halogens is 2. The molecule has 3 fully saturated rings. The van der Waals surface area contributed by atoms with Gasteiger partial charge in [-0.1, -0.05) is 6.07 Å². The zero-order chi connectivity index (χ0) is 25.9. The average Bonchev–Trinajstić information content (AvgIpc) is 3.20. The van der Waals surface area contributed by atoms with Gasteiger partial charge in [0.2, 0.25) is 0 Å². The van der Waals surface area contributed by atoms with E-state index in [2.05, 4.69) is 4.98 Å². The van der Waals surface area contributed by atoms with Gasteiger partial charge in [0.05, 0.1) is 40.6 Å². The summed E-state index contributed by atoms with van der Waals surface area (Å²) >= 11 is 0. The number of fused-ring (bicyclic) bond motifs is 2. The number of rotatable bonds is 4. The van der Waals surface area contributed by atoms with Crippen LogP contribution >= 0.6 is 0 Å². The monoisotopic (exact) mass is 515 g/mol. The van der Waals surface area contributed by atoms with Crippen LogP contribution in [0.3, 0.4) is 0 Å². The van der Waals surface area contributed by atoms with Gasteiger partial charge in [-0.25, -0.2) is 23.5 Å². The predicted molar refractivity (Wildman–Crippen MR) is 132 cm³/mol. The van der Waals surface area contributed by atoms with Gasteiger partial charge < -0.3 is 15.6 Å². The molecule has 4 aliphatic rings. The number of ether oxygens (including phenoxy) is 1. The van der Waals surface area contributed by atoms with Crippen LogP contribution < -0.4 is 29.5 Å². The number of anilines is 1. The van der Waals surface area contributed by atoms with Crippen molar-refractivity contribution >= 4 is 28.4 Å². The van der Waals surface area contributed by atoms with Gasteiger partial charge in [-0.05, 0) is 38.0 Å². The minimum Gasteiger partial charge on any atom is -0.491 e. The van der Waals surface area contributed by atoms with Crippen LogP contribution in [0.15, 0.2) is 36.7 Å². The van der Waals surface area contributed by atoms with Crippen molar-refractivity contribution in [3.63, 3.8) is 0 Å². The third kappa shape index (κ3) is 3.50. The van der Waals surface area contributed by atoms with Gasteiger partial charge in [-0.3, -0.25) is 4.68 Å². The summed E-state index contributed by atoms with van der Waals surface area (Å²) in [6.45, 7) is 1.81. The first-order chi connectivity index (χ1) is 17.5. The second-order valence-electron chi connectivity index (χ2n) is 11.5. The van der Waals surface area contributed by atoms with Crippen LogP contribution in [-0.4, -0.2) is 50.5 Å². The number of benzene rings is 1. The van der Waals surface area contributed by atoms with Crippen molar-refractivity contribution in [1.29, 1.82) is 0 Å². The number of amides is 1. The Kier molecular flexibility index (Phi) is 5.45. The number of hydrogen-bond acceptors (Lipinski definition) is 6. The zero-order valence-corrected chi connectivity index (χ0v) is 21.6. The molecule has 3 aromatic rings. The van der Waals surface area contributed by atoms with Crippen molar-refractivity contribution in [1.82, 2.24) is 14.8 Å². The molecule has 192 valence electrons. The van der Waals surface area contributed by atoms with E-state index in [9.17, 15) is 18.7 Å². The van der Waals surface area contributed by atoms with E-state index in [-0.39, 0.29) is 43.3 Å². The molecule has 1 atom stereocenters. The number of aliphatic hydroxyl groups is 1. The number of nitrogen functional groups attached to an aromatic ring is 1. The maximum atomic E-state index is 13.8. The number of nitrogens with zero attached hydrogens (tertiary/aromatic N) is 3. The predicted octanol–water partition coefficient (Wildman–Crippen LogP) is -0.0583. The van der Waals surface area contributed by atoms with Crippen molar-refractivity contribution in [3.05, 3.63) is 47.8 Å². The molecule has 3 heterocycles. The normalized spacial score (nSPS) is 32.6. The molecule has 1 spiro atoms. The number of carbonyl (C=O) groups is 1. The van der Waals surface area contributed by atoms with Crippen LogP contribution in [0.5, 0.6) is 0 Å². The minimum atomic E-state index is -2.61. The Morgan fingerprint density at radius 1 is 1.18 bits per heavy atom. The van der Waals surface area contributed by atoms with Gasteiger partial charge in [-0.2, -0.15) is 5.10 Å².